The Morgan fingerprint density at radius 3 is 3.00 bits per heavy atom. The number of aliphatic imine (C=N–C) groups is 1. The first-order chi connectivity index (χ1) is 13.8. The Morgan fingerprint density at radius 1 is 1.39 bits per heavy atom. The summed E-state index contributed by atoms with van der Waals surface area (Å²) < 4.78 is 11.3. The number of guanidine groups is 1. The average molecular weight is 386 g/mol. The van der Waals surface area contributed by atoms with E-state index in [0.717, 1.165) is 62.1 Å². The molecule has 1 fully saturated rings. The molecule has 1 aromatic carbocycles. The fourth-order valence-corrected chi connectivity index (χ4v) is 3.26. The Balaban J connectivity index is 1.37. The van der Waals surface area contributed by atoms with Crippen LogP contribution in [0.25, 0.3) is 11.3 Å². The molecule has 1 unspecified atom stereocenters. The van der Waals surface area contributed by atoms with E-state index in [4.69, 9.17) is 9.47 Å². The standard InChI is InChI=1S/C21H31N5O2/c1-22-21(23-11-7-12-27-16-18-10-6-13-28-18)26(2)15-20-24-14-19(25-20)17-8-4-3-5-9-17/h3-5,8-9,14,18H,6-7,10-13,15-16H2,1-2H3,(H,22,23)(H,24,25). The normalized spacial score (nSPS) is 17.1. The second kappa shape index (κ2) is 10.8. The summed E-state index contributed by atoms with van der Waals surface area (Å²) in [6.07, 6.45) is 5.37. The molecular formula is C21H31N5O2. The molecule has 2 heterocycles. The van der Waals surface area contributed by atoms with E-state index in [-0.39, 0.29) is 0 Å². The number of hydrogen-bond acceptors (Lipinski definition) is 4. The van der Waals surface area contributed by atoms with Crippen molar-refractivity contribution in [1.82, 2.24) is 20.2 Å². The van der Waals surface area contributed by atoms with E-state index in [0.29, 0.717) is 19.3 Å². The summed E-state index contributed by atoms with van der Waals surface area (Å²) in [4.78, 5) is 14.3. The Morgan fingerprint density at radius 2 is 2.25 bits per heavy atom. The van der Waals surface area contributed by atoms with Crippen molar-refractivity contribution in [3.63, 3.8) is 0 Å². The Kier molecular flexibility index (Phi) is 7.87. The molecule has 3 rings (SSSR count). The molecule has 0 bridgehead atoms. The van der Waals surface area contributed by atoms with Crippen LogP contribution in [0.1, 0.15) is 25.1 Å². The second-order valence-electron chi connectivity index (χ2n) is 7.00. The van der Waals surface area contributed by atoms with Crippen molar-refractivity contribution in [3.05, 3.63) is 42.4 Å². The first-order valence-corrected chi connectivity index (χ1v) is 9.96. The topological polar surface area (TPSA) is 74.8 Å². The summed E-state index contributed by atoms with van der Waals surface area (Å²) in [7, 11) is 3.80. The number of aromatic amines is 1. The highest BCUT2D eigenvalue weighted by Crippen LogP contribution is 2.16. The van der Waals surface area contributed by atoms with Crippen LogP contribution in [-0.4, -0.2) is 67.4 Å². The van der Waals surface area contributed by atoms with Gasteiger partial charge in [0.05, 0.1) is 31.1 Å². The number of rotatable bonds is 9. The van der Waals surface area contributed by atoms with Gasteiger partial charge in [-0.2, -0.15) is 0 Å². The van der Waals surface area contributed by atoms with Gasteiger partial charge in [-0.3, -0.25) is 4.99 Å². The maximum atomic E-state index is 5.70. The zero-order valence-electron chi connectivity index (χ0n) is 16.9. The summed E-state index contributed by atoms with van der Waals surface area (Å²) >= 11 is 0. The molecule has 1 aliphatic heterocycles. The van der Waals surface area contributed by atoms with Crippen LogP contribution in [-0.2, 0) is 16.0 Å². The highest BCUT2D eigenvalue weighted by Gasteiger charge is 2.15. The van der Waals surface area contributed by atoms with Crippen molar-refractivity contribution >= 4 is 5.96 Å². The molecule has 0 amide bonds. The smallest absolute Gasteiger partial charge is 0.193 e. The molecule has 1 aliphatic rings. The largest absolute Gasteiger partial charge is 0.379 e. The predicted octanol–water partition coefficient (Wildman–Crippen LogP) is 2.67. The van der Waals surface area contributed by atoms with E-state index in [9.17, 15) is 0 Å². The van der Waals surface area contributed by atoms with Gasteiger partial charge in [0.25, 0.3) is 0 Å². The molecule has 2 N–H and O–H groups in total. The molecular weight excluding hydrogens is 354 g/mol. The number of hydrogen-bond donors (Lipinski definition) is 2. The lowest BCUT2D eigenvalue weighted by atomic mass is 10.2. The molecule has 1 saturated heterocycles. The Hall–Kier alpha value is -2.38. The molecule has 2 aromatic rings. The van der Waals surface area contributed by atoms with Crippen molar-refractivity contribution in [2.24, 2.45) is 4.99 Å². The number of ether oxygens (including phenoxy) is 2. The van der Waals surface area contributed by atoms with Gasteiger partial charge in [-0.05, 0) is 24.8 Å². The van der Waals surface area contributed by atoms with Gasteiger partial charge >= 0.3 is 0 Å². The monoisotopic (exact) mass is 385 g/mol. The number of benzene rings is 1. The summed E-state index contributed by atoms with van der Waals surface area (Å²) in [6, 6.07) is 10.2. The predicted molar refractivity (Wildman–Crippen MR) is 111 cm³/mol. The molecule has 7 heteroatoms. The number of H-pyrrole nitrogens is 1. The van der Waals surface area contributed by atoms with Crippen LogP contribution in [0.2, 0.25) is 0 Å². The van der Waals surface area contributed by atoms with Gasteiger partial charge in [-0.15, -0.1) is 0 Å². The highest BCUT2D eigenvalue weighted by molar-refractivity contribution is 5.79. The zero-order chi connectivity index (χ0) is 19.6. The Bertz CT molecular complexity index is 725. The van der Waals surface area contributed by atoms with Gasteiger partial charge in [0.15, 0.2) is 5.96 Å². The number of nitrogens with zero attached hydrogens (tertiary/aromatic N) is 3. The van der Waals surface area contributed by atoms with E-state index in [2.05, 4.69) is 37.3 Å². The molecule has 0 radical (unpaired) electrons. The lowest BCUT2D eigenvalue weighted by Gasteiger charge is -2.21. The fraction of sp³-hybridized carbons (Fsp3) is 0.524. The summed E-state index contributed by atoms with van der Waals surface area (Å²) in [5, 5.41) is 3.38. The van der Waals surface area contributed by atoms with Gasteiger partial charge in [0, 0.05) is 33.9 Å². The van der Waals surface area contributed by atoms with Gasteiger partial charge in [0.1, 0.15) is 5.82 Å². The van der Waals surface area contributed by atoms with Crippen LogP contribution in [0.15, 0.2) is 41.5 Å². The summed E-state index contributed by atoms with van der Waals surface area (Å²) in [5.74, 6) is 1.75. The minimum atomic E-state index is 0.293. The van der Waals surface area contributed by atoms with E-state index in [1.54, 1.807) is 7.05 Å². The molecule has 1 atom stereocenters. The van der Waals surface area contributed by atoms with Crippen LogP contribution in [0.5, 0.6) is 0 Å². The molecule has 0 spiro atoms. The third kappa shape index (κ3) is 6.07. The second-order valence-corrected chi connectivity index (χ2v) is 7.00. The van der Waals surface area contributed by atoms with E-state index < -0.39 is 0 Å². The van der Waals surface area contributed by atoms with Crippen LogP contribution in [0.3, 0.4) is 0 Å². The third-order valence-corrected chi connectivity index (χ3v) is 4.75. The van der Waals surface area contributed by atoms with Crippen LogP contribution < -0.4 is 5.32 Å². The number of aromatic nitrogens is 2. The zero-order valence-corrected chi connectivity index (χ0v) is 16.9. The SMILES string of the molecule is CN=C(NCCCOCC1CCCO1)N(C)Cc1ncc(-c2ccccc2)[nH]1. The van der Waals surface area contributed by atoms with Crippen LogP contribution in [0.4, 0.5) is 0 Å². The summed E-state index contributed by atoms with van der Waals surface area (Å²) in [5.41, 5.74) is 2.16. The number of imidazole rings is 1. The van der Waals surface area contributed by atoms with Crippen molar-refractivity contribution < 1.29 is 9.47 Å². The van der Waals surface area contributed by atoms with Gasteiger partial charge in [0.2, 0.25) is 0 Å². The lowest BCUT2D eigenvalue weighted by molar-refractivity contribution is 0.0168. The highest BCUT2D eigenvalue weighted by atomic mass is 16.5. The van der Waals surface area contributed by atoms with Gasteiger partial charge < -0.3 is 24.7 Å². The van der Waals surface area contributed by atoms with Crippen LogP contribution >= 0.6 is 0 Å². The first kappa shape index (κ1) is 20.4. The maximum Gasteiger partial charge on any atom is 0.193 e. The maximum absolute atomic E-state index is 5.70. The van der Waals surface area contributed by atoms with Crippen LogP contribution in [0, 0.1) is 0 Å². The quantitative estimate of drug-likeness (QED) is 0.394. The average Bonchev–Trinajstić information content (AvgIpc) is 3.40. The van der Waals surface area contributed by atoms with Gasteiger partial charge in [-0.25, -0.2) is 4.98 Å². The molecule has 1 aromatic heterocycles. The Labute approximate surface area is 167 Å². The molecule has 0 aliphatic carbocycles. The third-order valence-electron chi connectivity index (χ3n) is 4.75. The van der Waals surface area contributed by atoms with Crippen molar-refractivity contribution in [3.8, 4) is 11.3 Å². The summed E-state index contributed by atoms with van der Waals surface area (Å²) in [6.45, 7) is 3.78. The minimum absolute atomic E-state index is 0.293. The van der Waals surface area contributed by atoms with Crippen molar-refractivity contribution in [2.45, 2.75) is 31.9 Å². The molecule has 28 heavy (non-hydrogen) atoms. The first-order valence-electron chi connectivity index (χ1n) is 9.96. The molecule has 0 saturated carbocycles. The molecule has 152 valence electrons. The van der Waals surface area contributed by atoms with E-state index in [1.165, 1.54) is 0 Å². The van der Waals surface area contributed by atoms with Crippen molar-refractivity contribution in [2.75, 3.05) is 40.5 Å². The lowest BCUT2D eigenvalue weighted by Crippen LogP contribution is -2.39. The number of nitrogens with one attached hydrogen (secondary N) is 2. The fourth-order valence-electron chi connectivity index (χ4n) is 3.26. The van der Waals surface area contributed by atoms with E-state index in [1.807, 2.05) is 31.4 Å². The van der Waals surface area contributed by atoms with E-state index >= 15 is 0 Å². The minimum Gasteiger partial charge on any atom is -0.379 e. The van der Waals surface area contributed by atoms with Gasteiger partial charge in [-0.1, -0.05) is 30.3 Å². The molecule has 7 nitrogen and oxygen atoms in total. The van der Waals surface area contributed by atoms with Crippen molar-refractivity contribution in [1.29, 1.82) is 0 Å².